The molecule has 0 amide bonds. The predicted octanol–water partition coefficient (Wildman–Crippen LogP) is 3.22. The van der Waals surface area contributed by atoms with Gasteiger partial charge in [-0.15, -0.1) is 0 Å². The van der Waals surface area contributed by atoms with E-state index in [2.05, 4.69) is 29.5 Å². The molecule has 0 aliphatic carbocycles. The molecular formula is C12H18N2. The van der Waals surface area contributed by atoms with Crippen molar-refractivity contribution in [2.75, 3.05) is 0 Å². The summed E-state index contributed by atoms with van der Waals surface area (Å²) in [6, 6.07) is 4.22. The maximum absolute atomic E-state index is 4.33. The Morgan fingerprint density at radius 3 is 2.43 bits per heavy atom. The summed E-state index contributed by atoms with van der Waals surface area (Å²) in [7, 11) is 2.05. The maximum Gasteiger partial charge on any atom is 0.140 e. The molecule has 0 N–H and O–H groups in total. The largest absolute Gasteiger partial charge is 0.333 e. The van der Waals surface area contributed by atoms with Crippen molar-refractivity contribution < 1.29 is 0 Å². The number of nitrogens with zero attached hydrogens (tertiary/aromatic N) is 2. The van der Waals surface area contributed by atoms with Crippen LogP contribution in [0, 0.1) is 13.8 Å². The zero-order valence-electron chi connectivity index (χ0n) is 9.63. The van der Waals surface area contributed by atoms with Gasteiger partial charge in [0.25, 0.3) is 0 Å². The Morgan fingerprint density at radius 2 is 1.86 bits per heavy atom. The zero-order chi connectivity index (χ0) is 10.7. The van der Waals surface area contributed by atoms with Crippen LogP contribution in [0.15, 0.2) is 18.3 Å². The van der Waals surface area contributed by atoms with E-state index < -0.39 is 0 Å². The molecule has 0 aliphatic rings. The van der Waals surface area contributed by atoms with Crippen LogP contribution in [0.2, 0.25) is 0 Å². The highest BCUT2D eigenvalue weighted by molar-refractivity contribution is 5.80. The van der Waals surface area contributed by atoms with Crippen LogP contribution < -0.4 is 0 Å². The molecule has 2 aromatic heterocycles. The van der Waals surface area contributed by atoms with Crippen molar-refractivity contribution in [1.29, 1.82) is 0 Å². The van der Waals surface area contributed by atoms with Crippen LogP contribution in [0.5, 0.6) is 0 Å². The fraction of sp³-hybridized carbons (Fsp3) is 0.417. The van der Waals surface area contributed by atoms with Gasteiger partial charge in [0, 0.05) is 24.3 Å². The van der Waals surface area contributed by atoms with E-state index in [9.17, 15) is 0 Å². The molecule has 2 rings (SSSR count). The smallest absolute Gasteiger partial charge is 0.140 e. The Balaban J connectivity index is 0.000000461. The third-order valence-corrected chi connectivity index (χ3v) is 2.39. The van der Waals surface area contributed by atoms with E-state index in [0.29, 0.717) is 0 Å². The van der Waals surface area contributed by atoms with Gasteiger partial charge in [0.1, 0.15) is 5.65 Å². The van der Waals surface area contributed by atoms with Crippen molar-refractivity contribution in [3.05, 3.63) is 29.6 Å². The van der Waals surface area contributed by atoms with Crippen LogP contribution in [0.3, 0.4) is 0 Å². The van der Waals surface area contributed by atoms with Crippen LogP contribution in [-0.2, 0) is 7.05 Å². The minimum Gasteiger partial charge on any atom is -0.333 e. The fourth-order valence-corrected chi connectivity index (χ4v) is 1.47. The van der Waals surface area contributed by atoms with Gasteiger partial charge in [-0.2, -0.15) is 0 Å². The molecule has 0 fully saturated rings. The van der Waals surface area contributed by atoms with Gasteiger partial charge in [-0.25, -0.2) is 4.98 Å². The molecule has 2 heterocycles. The van der Waals surface area contributed by atoms with Crippen molar-refractivity contribution >= 4 is 11.0 Å². The van der Waals surface area contributed by atoms with Crippen molar-refractivity contribution in [3.8, 4) is 0 Å². The van der Waals surface area contributed by atoms with Gasteiger partial charge >= 0.3 is 0 Å². The lowest BCUT2D eigenvalue weighted by Crippen LogP contribution is -1.91. The summed E-state index contributed by atoms with van der Waals surface area (Å²) in [6.07, 6.45) is 1.86. The monoisotopic (exact) mass is 190 g/mol. The molecule has 0 bridgehead atoms. The Hall–Kier alpha value is -1.31. The molecular weight excluding hydrogens is 172 g/mol. The Kier molecular flexibility index (Phi) is 3.28. The second-order valence-electron chi connectivity index (χ2n) is 3.21. The average molecular weight is 190 g/mol. The normalized spacial score (nSPS) is 9.79. The zero-order valence-corrected chi connectivity index (χ0v) is 9.63. The first-order chi connectivity index (χ1) is 6.70. The molecule has 0 aliphatic heterocycles. The lowest BCUT2D eigenvalue weighted by molar-refractivity contribution is 0.902. The molecule has 0 atom stereocenters. The van der Waals surface area contributed by atoms with Crippen molar-refractivity contribution in [2.45, 2.75) is 27.7 Å². The lowest BCUT2D eigenvalue weighted by atomic mass is 10.2. The van der Waals surface area contributed by atoms with E-state index in [1.165, 1.54) is 16.6 Å². The van der Waals surface area contributed by atoms with Crippen molar-refractivity contribution in [2.24, 2.45) is 7.05 Å². The van der Waals surface area contributed by atoms with Crippen LogP contribution in [0.25, 0.3) is 11.0 Å². The Bertz CT molecular complexity index is 427. The summed E-state index contributed by atoms with van der Waals surface area (Å²) in [6.45, 7) is 8.21. The third kappa shape index (κ3) is 1.65. The number of fused-ring (bicyclic) bond motifs is 1. The van der Waals surface area contributed by atoms with E-state index >= 15 is 0 Å². The average Bonchev–Trinajstić information content (AvgIpc) is 2.50. The molecule has 76 valence electrons. The van der Waals surface area contributed by atoms with Crippen molar-refractivity contribution in [1.82, 2.24) is 9.55 Å². The van der Waals surface area contributed by atoms with E-state index in [1.54, 1.807) is 0 Å². The first-order valence-corrected chi connectivity index (χ1v) is 5.08. The van der Waals surface area contributed by atoms with Gasteiger partial charge in [0.15, 0.2) is 0 Å². The molecule has 0 unspecified atom stereocenters. The number of hydrogen-bond acceptors (Lipinski definition) is 1. The topological polar surface area (TPSA) is 17.8 Å². The molecule has 0 saturated heterocycles. The number of aryl methyl sites for hydroxylation is 3. The van der Waals surface area contributed by atoms with Crippen LogP contribution >= 0.6 is 0 Å². The highest BCUT2D eigenvalue weighted by Gasteiger charge is 2.03. The van der Waals surface area contributed by atoms with Crippen LogP contribution in [0.1, 0.15) is 25.1 Å². The third-order valence-electron chi connectivity index (χ3n) is 2.39. The second-order valence-corrected chi connectivity index (χ2v) is 3.21. The Labute approximate surface area is 85.6 Å². The van der Waals surface area contributed by atoms with Gasteiger partial charge in [-0.1, -0.05) is 13.8 Å². The number of pyridine rings is 1. The summed E-state index contributed by atoms with van der Waals surface area (Å²) in [5.41, 5.74) is 3.63. The highest BCUT2D eigenvalue weighted by Crippen LogP contribution is 2.18. The second kappa shape index (κ2) is 4.27. The maximum atomic E-state index is 4.33. The van der Waals surface area contributed by atoms with Gasteiger partial charge < -0.3 is 4.57 Å². The van der Waals surface area contributed by atoms with Crippen molar-refractivity contribution in [3.63, 3.8) is 0 Å². The molecule has 0 saturated carbocycles. The summed E-state index contributed by atoms with van der Waals surface area (Å²) in [4.78, 5) is 4.33. The van der Waals surface area contributed by atoms with E-state index in [1.807, 2.05) is 33.2 Å². The minimum absolute atomic E-state index is 1.08. The summed E-state index contributed by atoms with van der Waals surface area (Å²) in [5.74, 6) is 0. The quantitative estimate of drug-likeness (QED) is 0.623. The van der Waals surface area contributed by atoms with Crippen LogP contribution in [-0.4, -0.2) is 9.55 Å². The van der Waals surface area contributed by atoms with Gasteiger partial charge in [0.05, 0.1) is 0 Å². The standard InChI is InChI=1S/C10H12N2.C2H6/c1-7-4-5-11-10-9(7)6-8(2)12(10)3;1-2/h4-6H,1-3H3;1-2H3. The summed E-state index contributed by atoms with van der Waals surface area (Å²) < 4.78 is 2.11. The summed E-state index contributed by atoms with van der Waals surface area (Å²) in [5, 5.41) is 1.26. The number of hydrogen-bond donors (Lipinski definition) is 0. The highest BCUT2D eigenvalue weighted by atomic mass is 15.0. The first-order valence-electron chi connectivity index (χ1n) is 5.08. The fourth-order valence-electron chi connectivity index (χ4n) is 1.47. The SMILES string of the molecule is CC.Cc1ccnc2c1cc(C)n2C. The van der Waals surface area contributed by atoms with Gasteiger partial charge in [-0.3, -0.25) is 0 Å². The molecule has 2 heteroatoms. The Morgan fingerprint density at radius 1 is 1.21 bits per heavy atom. The van der Waals surface area contributed by atoms with E-state index in [-0.39, 0.29) is 0 Å². The molecule has 0 aromatic carbocycles. The summed E-state index contributed by atoms with van der Waals surface area (Å²) >= 11 is 0. The number of aromatic nitrogens is 2. The molecule has 0 radical (unpaired) electrons. The van der Waals surface area contributed by atoms with Gasteiger partial charge in [0.2, 0.25) is 0 Å². The first kappa shape index (κ1) is 10.8. The number of rotatable bonds is 0. The molecule has 14 heavy (non-hydrogen) atoms. The molecule has 2 aromatic rings. The molecule has 0 spiro atoms. The van der Waals surface area contributed by atoms with Crippen LogP contribution in [0.4, 0.5) is 0 Å². The molecule has 2 nitrogen and oxygen atoms in total. The predicted molar refractivity (Wildman–Crippen MR) is 61.5 cm³/mol. The van der Waals surface area contributed by atoms with E-state index in [0.717, 1.165) is 5.65 Å². The van der Waals surface area contributed by atoms with Gasteiger partial charge in [-0.05, 0) is 31.5 Å². The lowest BCUT2D eigenvalue weighted by Gasteiger charge is -1.97. The van der Waals surface area contributed by atoms with E-state index in [4.69, 9.17) is 0 Å². The minimum atomic E-state index is 1.08.